The first kappa shape index (κ1) is 17.9. The number of rotatable bonds is 4. The topological polar surface area (TPSA) is 74.3 Å². The van der Waals surface area contributed by atoms with Gasteiger partial charge < -0.3 is 10.2 Å². The van der Waals surface area contributed by atoms with Gasteiger partial charge >= 0.3 is 6.03 Å². The van der Waals surface area contributed by atoms with Crippen molar-refractivity contribution >= 4 is 28.4 Å². The lowest BCUT2D eigenvalue weighted by atomic mass is 10.1. The molecule has 2 aromatic rings. The van der Waals surface area contributed by atoms with Crippen molar-refractivity contribution in [2.24, 2.45) is 0 Å². The molecule has 0 spiro atoms. The Morgan fingerprint density at radius 3 is 2.50 bits per heavy atom. The number of hydrogen-bond acceptors (Lipinski definition) is 4. The summed E-state index contributed by atoms with van der Waals surface area (Å²) in [6, 6.07) is 9.46. The van der Waals surface area contributed by atoms with E-state index in [2.05, 4.69) is 15.6 Å². The van der Waals surface area contributed by atoms with Crippen molar-refractivity contribution in [1.29, 1.82) is 0 Å². The molecule has 1 heterocycles. The van der Waals surface area contributed by atoms with E-state index in [4.69, 9.17) is 0 Å². The molecule has 0 saturated carbocycles. The number of thiazole rings is 1. The van der Waals surface area contributed by atoms with Crippen LogP contribution in [-0.2, 0) is 4.79 Å². The normalized spacial score (nSPS) is 11.0. The molecule has 0 fully saturated rings. The highest BCUT2D eigenvalue weighted by Crippen LogP contribution is 2.28. The smallest absolute Gasteiger partial charge is 0.323 e. The lowest BCUT2D eigenvalue weighted by Gasteiger charge is -2.23. The SMILES string of the molecule is CN(CC(=O)NC(C)(C)C)C(=O)Nc1ncc(-c2ccccc2)s1. The number of carbonyl (C=O) groups excluding carboxylic acids is 2. The lowest BCUT2D eigenvalue weighted by Crippen LogP contribution is -2.47. The minimum atomic E-state index is -0.368. The number of aromatic nitrogens is 1. The number of urea groups is 1. The average molecular weight is 346 g/mol. The van der Waals surface area contributed by atoms with E-state index in [-0.39, 0.29) is 24.0 Å². The van der Waals surface area contributed by atoms with Crippen molar-refractivity contribution in [1.82, 2.24) is 15.2 Å². The van der Waals surface area contributed by atoms with E-state index < -0.39 is 0 Å². The van der Waals surface area contributed by atoms with Crippen LogP contribution in [0.1, 0.15) is 20.8 Å². The zero-order valence-corrected chi connectivity index (χ0v) is 15.1. The molecule has 0 atom stereocenters. The highest BCUT2D eigenvalue weighted by Gasteiger charge is 2.18. The molecule has 7 heteroatoms. The first-order valence-corrected chi connectivity index (χ1v) is 8.40. The van der Waals surface area contributed by atoms with Gasteiger partial charge in [0, 0.05) is 18.8 Å². The van der Waals surface area contributed by atoms with Crippen LogP contribution in [-0.4, -0.2) is 41.0 Å². The molecule has 0 aliphatic heterocycles. The second-order valence-electron chi connectivity index (χ2n) is 6.48. The van der Waals surface area contributed by atoms with Gasteiger partial charge in [-0.25, -0.2) is 9.78 Å². The summed E-state index contributed by atoms with van der Waals surface area (Å²) in [7, 11) is 1.57. The van der Waals surface area contributed by atoms with Gasteiger partial charge in [0.1, 0.15) is 6.54 Å². The van der Waals surface area contributed by atoms with E-state index in [9.17, 15) is 9.59 Å². The first-order valence-electron chi connectivity index (χ1n) is 7.59. The molecule has 128 valence electrons. The fourth-order valence-corrected chi connectivity index (χ4v) is 2.81. The number of benzene rings is 1. The molecule has 0 aliphatic carbocycles. The monoisotopic (exact) mass is 346 g/mol. The molecule has 6 nitrogen and oxygen atoms in total. The number of carbonyl (C=O) groups is 2. The zero-order chi connectivity index (χ0) is 17.7. The molecule has 24 heavy (non-hydrogen) atoms. The summed E-state index contributed by atoms with van der Waals surface area (Å²) in [6.07, 6.45) is 1.72. The number of hydrogen-bond donors (Lipinski definition) is 2. The average Bonchev–Trinajstić information content (AvgIpc) is 2.94. The third kappa shape index (κ3) is 5.34. The summed E-state index contributed by atoms with van der Waals surface area (Å²) < 4.78 is 0. The van der Waals surface area contributed by atoms with Crippen LogP contribution < -0.4 is 10.6 Å². The Hall–Kier alpha value is -2.41. The van der Waals surface area contributed by atoms with Gasteiger partial charge in [0.25, 0.3) is 0 Å². The van der Waals surface area contributed by atoms with Gasteiger partial charge in [-0.2, -0.15) is 0 Å². The van der Waals surface area contributed by atoms with Crippen molar-refractivity contribution in [3.8, 4) is 10.4 Å². The molecule has 0 bridgehead atoms. The second kappa shape index (κ2) is 7.44. The van der Waals surface area contributed by atoms with Crippen molar-refractivity contribution in [2.45, 2.75) is 26.3 Å². The number of nitrogens with zero attached hydrogens (tertiary/aromatic N) is 2. The molecule has 0 radical (unpaired) electrons. The van der Waals surface area contributed by atoms with E-state index in [0.717, 1.165) is 10.4 Å². The van der Waals surface area contributed by atoms with Crippen LogP contribution in [0.2, 0.25) is 0 Å². The predicted molar refractivity (Wildman–Crippen MR) is 97.1 cm³/mol. The number of likely N-dealkylation sites (N-methyl/N-ethyl adjacent to an activating group) is 1. The van der Waals surface area contributed by atoms with Crippen LogP contribution in [0.5, 0.6) is 0 Å². The molecule has 0 aliphatic rings. The van der Waals surface area contributed by atoms with Crippen LogP contribution in [0.3, 0.4) is 0 Å². The Bertz CT molecular complexity index is 707. The van der Waals surface area contributed by atoms with Gasteiger partial charge in [0.2, 0.25) is 5.91 Å². The Morgan fingerprint density at radius 2 is 1.88 bits per heavy atom. The summed E-state index contributed by atoms with van der Waals surface area (Å²) in [4.78, 5) is 30.5. The fraction of sp³-hybridized carbons (Fsp3) is 0.353. The molecule has 3 amide bonds. The first-order chi connectivity index (χ1) is 11.2. The van der Waals surface area contributed by atoms with Crippen LogP contribution in [0.25, 0.3) is 10.4 Å². The number of nitrogens with one attached hydrogen (secondary N) is 2. The second-order valence-corrected chi connectivity index (χ2v) is 7.51. The van der Waals surface area contributed by atoms with Crippen molar-refractivity contribution in [2.75, 3.05) is 18.9 Å². The highest BCUT2D eigenvalue weighted by molar-refractivity contribution is 7.19. The van der Waals surface area contributed by atoms with Gasteiger partial charge in [-0.3, -0.25) is 10.1 Å². The Balaban J connectivity index is 1.92. The number of amides is 3. The van der Waals surface area contributed by atoms with E-state index in [0.29, 0.717) is 5.13 Å². The summed E-state index contributed by atoms with van der Waals surface area (Å²) in [5.74, 6) is -0.204. The maximum absolute atomic E-state index is 12.2. The van der Waals surface area contributed by atoms with Crippen LogP contribution in [0.15, 0.2) is 36.5 Å². The van der Waals surface area contributed by atoms with Crippen LogP contribution in [0.4, 0.5) is 9.93 Å². The summed E-state index contributed by atoms with van der Waals surface area (Å²) in [5.41, 5.74) is 0.724. The minimum Gasteiger partial charge on any atom is -0.350 e. The molecule has 1 aromatic heterocycles. The third-order valence-corrected chi connectivity index (χ3v) is 3.98. The van der Waals surface area contributed by atoms with Crippen molar-refractivity contribution < 1.29 is 9.59 Å². The molecule has 2 rings (SSSR count). The fourth-order valence-electron chi connectivity index (χ4n) is 2.00. The molecular weight excluding hydrogens is 324 g/mol. The summed E-state index contributed by atoms with van der Waals surface area (Å²) in [6.45, 7) is 5.67. The Labute approximate surface area is 145 Å². The summed E-state index contributed by atoms with van der Waals surface area (Å²) in [5, 5.41) is 6.04. The van der Waals surface area contributed by atoms with Crippen molar-refractivity contribution in [3.05, 3.63) is 36.5 Å². The van der Waals surface area contributed by atoms with Gasteiger partial charge in [0.05, 0.1) is 4.88 Å². The molecule has 1 aromatic carbocycles. The molecule has 0 saturated heterocycles. The van der Waals surface area contributed by atoms with E-state index in [1.165, 1.54) is 16.2 Å². The van der Waals surface area contributed by atoms with E-state index >= 15 is 0 Å². The molecular formula is C17H22N4O2S. The standard InChI is InChI=1S/C17H22N4O2S/c1-17(2,3)20-14(22)11-21(4)16(23)19-15-18-10-13(24-15)12-8-6-5-7-9-12/h5-10H,11H2,1-4H3,(H,20,22)(H,18,19,23). The minimum absolute atomic E-state index is 0.0139. The Kier molecular flexibility index (Phi) is 5.56. The van der Waals surface area contributed by atoms with Crippen molar-refractivity contribution in [3.63, 3.8) is 0 Å². The largest absolute Gasteiger partial charge is 0.350 e. The third-order valence-electron chi connectivity index (χ3n) is 3.02. The van der Waals surface area contributed by atoms with Gasteiger partial charge in [-0.15, -0.1) is 0 Å². The predicted octanol–water partition coefficient (Wildman–Crippen LogP) is 3.19. The van der Waals surface area contributed by atoms with Gasteiger partial charge in [0.15, 0.2) is 5.13 Å². The number of anilines is 1. The van der Waals surface area contributed by atoms with E-state index in [1.54, 1.807) is 13.2 Å². The summed E-state index contributed by atoms with van der Waals surface area (Å²) >= 11 is 1.39. The quantitative estimate of drug-likeness (QED) is 0.893. The highest BCUT2D eigenvalue weighted by atomic mass is 32.1. The van der Waals surface area contributed by atoms with Gasteiger partial charge in [-0.05, 0) is 26.3 Å². The lowest BCUT2D eigenvalue weighted by molar-refractivity contribution is -0.122. The van der Waals surface area contributed by atoms with Gasteiger partial charge in [-0.1, -0.05) is 41.7 Å². The zero-order valence-electron chi connectivity index (χ0n) is 14.3. The maximum Gasteiger partial charge on any atom is 0.323 e. The Morgan fingerprint density at radius 1 is 1.21 bits per heavy atom. The van der Waals surface area contributed by atoms with E-state index in [1.807, 2.05) is 51.1 Å². The van der Waals surface area contributed by atoms with Crippen LogP contribution >= 0.6 is 11.3 Å². The van der Waals surface area contributed by atoms with Crippen LogP contribution in [0, 0.1) is 0 Å². The molecule has 0 unspecified atom stereocenters. The molecule has 2 N–H and O–H groups in total. The maximum atomic E-state index is 12.2.